The second-order valence-electron chi connectivity index (χ2n) is 3.67. The van der Waals surface area contributed by atoms with Gasteiger partial charge in [-0.25, -0.2) is 0 Å². The summed E-state index contributed by atoms with van der Waals surface area (Å²) in [5.74, 6) is -0.333. The van der Waals surface area contributed by atoms with Crippen LogP contribution < -0.4 is 5.32 Å². The smallest absolute Gasteiger partial charge is 0.312 e. The average molecular weight is 320 g/mol. The molecule has 1 N–H and O–H groups in total. The van der Waals surface area contributed by atoms with Gasteiger partial charge in [-0.3, -0.25) is 0 Å². The topological polar surface area (TPSA) is 12.0 Å². The first-order chi connectivity index (χ1) is 8.72. The molecule has 0 bridgehead atoms. The molecule has 1 aromatic carbocycles. The van der Waals surface area contributed by atoms with Crippen LogP contribution in [0.15, 0.2) is 24.3 Å². The molecule has 1 aromatic rings. The standard InChI is InChI=1S/C11H11ClF5NS/c12-9-3-1-8(2-4-9)7-18-5-6-19-11(16,17)10(13,14)15/h1-4,18H,5-7H2. The number of thioether (sulfide) groups is 1. The van der Waals surface area contributed by atoms with Crippen LogP contribution in [-0.4, -0.2) is 23.7 Å². The molecule has 0 aromatic heterocycles. The Hall–Kier alpha value is -0.530. The summed E-state index contributed by atoms with van der Waals surface area (Å²) in [5.41, 5.74) is 0.872. The number of alkyl halides is 5. The predicted molar refractivity (Wildman–Crippen MR) is 66.6 cm³/mol. The number of hydrogen-bond donors (Lipinski definition) is 1. The van der Waals surface area contributed by atoms with E-state index in [-0.39, 0.29) is 12.3 Å². The first-order valence-corrected chi connectivity index (χ1v) is 6.62. The zero-order valence-corrected chi connectivity index (χ0v) is 11.2. The van der Waals surface area contributed by atoms with E-state index in [0.29, 0.717) is 11.6 Å². The van der Waals surface area contributed by atoms with E-state index < -0.39 is 23.2 Å². The summed E-state index contributed by atoms with van der Waals surface area (Å²) in [4.78, 5) is 0. The highest BCUT2D eigenvalue weighted by atomic mass is 35.5. The maximum Gasteiger partial charge on any atom is 0.464 e. The molecule has 108 valence electrons. The van der Waals surface area contributed by atoms with Crippen LogP contribution in [-0.2, 0) is 6.54 Å². The van der Waals surface area contributed by atoms with Gasteiger partial charge in [0, 0.05) is 23.9 Å². The summed E-state index contributed by atoms with van der Waals surface area (Å²) in [6, 6.07) is 6.83. The quantitative estimate of drug-likeness (QED) is 0.619. The second-order valence-corrected chi connectivity index (χ2v) is 5.31. The lowest BCUT2D eigenvalue weighted by Crippen LogP contribution is -2.34. The maximum atomic E-state index is 12.5. The van der Waals surface area contributed by atoms with Gasteiger partial charge in [0.15, 0.2) is 0 Å². The molecule has 19 heavy (non-hydrogen) atoms. The van der Waals surface area contributed by atoms with Gasteiger partial charge in [-0.15, -0.1) is 0 Å². The van der Waals surface area contributed by atoms with Crippen molar-refractivity contribution in [3.05, 3.63) is 34.9 Å². The molecular weight excluding hydrogens is 309 g/mol. The fraction of sp³-hybridized carbons (Fsp3) is 0.455. The Kier molecular flexibility index (Phi) is 5.88. The summed E-state index contributed by atoms with van der Waals surface area (Å²) in [5, 5.41) is -1.35. The minimum Gasteiger partial charge on any atom is -0.312 e. The summed E-state index contributed by atoms with van der Waals surface area (Å²) in [7, 11) is 0. The van der Waals surface area contributed by atoms with Crippen molar-refractivity contribution in [3.8, 4) is 0 Å². The van der Waals surface area contributed by atoms with Gasteiger partial charge in [-0.05, 0) is 17.7 Å². The van der Waals surface area contributed by atoms with Gasteiger partial charge >= 0.3 is 11.4 Å². The lowest BCUT2D eigenvalue weighted by atomic mass is 10.2. The molecule has 0 aliphatic rings. The Morgan fingerprint density at radius 1 is 1.05 bits per heavy atom. The second kappa shape index (κ2) is 6.76. The highest BCUT2D eigenvalue weighted by Gasteiger charge is 2.57. The number of nitrogens with one attached hydrogen (secondary N) is 1. The summed E-state index contributed by atoms with van der Waals surface area (Å²) >= 11 is 5.26. The van der Waals surface area contributed by atoms with Gasteiger partial charge in [-0.1, -0.05) is 35.5 Å². The molecule has 1 rings (SSSR count). The van der Waals surface area contributed by atoms with Gasteiger partial charge < -0.3 is 5.32 Å². The van der Waals surface area contributed by atoms with Gasteiger partial charge in [0.2, 0.25) is 0 Å². The van der Waals surface area contributed by atoms with Gasteiger partial charge in [0.25, 0.3) is 0 Å². The number of halogens is 6. The minimum absolute atomic E-state index is 0.0545. The Morgan fingerprint density at radius 2 is 1.63 bits per heavy atom. The third-order valence-electron chi connectivity index (χ3n) is 2.13. The van der Waals surface area contributed by atoms with E-state index in [1.165, 1.54) is 0 Å². The summed E-state index contributed by atoms with van der Waals surface area (Å²) in [6.45, 7) is 0.439. The van der Waals surface area contributed by atoms with E-state index >= 15 is 0 Å². The molecule has 0 aliphatic carbocycles. The predicted octanol–water partition coefficient (Wildman–Crippen LogP) is 4.32. The van der Waals surface area contributed by atoms with Crippen molar-refractivity contribution in [3.63, 3.8) is 0 Å². The third-order valence-corrected chi connectivity index (χ3v) is 3.39. The first-order valence-electron chi connectivity index (χ1n) is 5.26. The van der Waals surface area contributed by atoms with Crippen LogP contribution in [0.4, 0.5) is 22.0 Å². The van der Waals surface area contributed by atoms with Crippen LogP contribution in [0.3, 0.4) is 0 Å². The molecule has 1 nitrogen and oxygen atoms in total. The first kappa shape index (κ1) is 16.5. The molecule has 0 atom stereocenters. The van der Waals surface area contributed by atoms with Crippen molar-refractivity contribution < 1.29 is 22.0 Å². The fourth-order valence-electron chi connectivity index (χ4n) is 1.17. The zero-order valence-electron chi connectivity index (χ0n) is 9.61. The largest absolute Gasteiger partial charge is 0.464 e. The van der Waals surface area contributed by atoms with E-state index in [2.05, 4.69) is 5.32 Å². The van der Waals surface area contributed by atoms with E-state index in [1.807, 2.05) is 0 Å². The normalized spacial score (nSPS) is 12.7. The van der Waals surface area contributed by atoms with Crippen LogP contribution in [0.2, 0.25) is 5.02 Å². The van der Waals surface area contributed by atoms with Crippen molar-refractivity contribution in [2.75, 3.05) is 12.3 Å². The van der Waals surface area contributed by atoms with E-state index in [4.69, 9.17) is 11.6 Å². The van der Waals surface area contributed by atoms with E-state index in [9.17, 15) is 22.0 Å². The highest BCUT2D eigenvalue weighted by Crippen LogP contribution is 2.43. The highest BCUT2D eigenvalue weighted by molar-refractivity contribution is 8.00. The average Bonchev–Trinajstić information content (AvgIpc) is 2.29. The van der Waals surface area contributed by atoms with Crippen molar-refractivity contribution in [1.29, 1.82) is 0 Å². The van der Waals surface area contributed by atoms with E-state index in [0.717, 1.165) is 5.56 Å². The molecule has 0 aliphatic heterocycles. The Morgan fingerprint density at radius 3 is 2.16 bits per heavy atom. The summed E-state index contributed by atoms with van der Waals surface area (Å²) < 4.78 is 60.6. The fourth-order valence-corrected chi connectivity index (χ4v) is 1.96. The van der Waals surface area contributed by atoms with E-state index in [1.54, 1.807) is 24.3 Å². The maximum absolute atomic E-state index is 12.5. The molecule has 0 saturated carbocycles. The van der Waals surface area contributed by atoms with Crippen molar-refractivity contribution >= 4 is 23.4 Å². The Labute approximate surface area is 116 Å². The molecule has 0 fully saturated rings. The lowest BCUT2D eigenvalue weighted by molar-refractivity contribution is -0.237. The Balaban J connectivity index is 2.23. The van der Waals surface area contributed by atoms with Crippen LogP contribution in [0.5, 0.6) is 0 Å². The zero-order chi connectivity index (χ0) is 14.5. The van der Waals surface area contributed by atoms with Gasteiger partial charge in [0.1, 0.15) is 0 Å². The molecule has 0 unspecified atom stereocenters. The van der Waals surface area contributed by atoms with Crippen LogP contribution in [0.25, 0.3) is 0 Å². The van der Waals surface area contributed by atoms with Gasteiger partial charge in [0.05, 0.1) is 0 Å². The number of benzene rings is 1. The van der Waals surface area contributed by atoms with Crippen molar-refractivity contribution in [1.82, 2.24) is 5.32 Å². The van der Waals surface area contributed by atoms with Crippen LogP contribution >= 0.6 is 23.4 Å². The van der Waals surface area contributed by atoms with Crippen LogP contribution in [0.1, 0.15) is 5.56 Å². The van der Waals surface area contributed by atoms with Crippen molar-refractivity contribution in [2.24, 2.45) is 0 Å². The molecule has 0 heterocycles. The molecular formula is C11H11ClF5NS. The molecule has 8 heteroatoms. The molecule has 0 radical (unpaired) electrons. The summed E-state index contributed by atoms with van der Waals surface area (Å²) in [6.07, 6.45) is -5.51. The van der Waals surface area contributed by atoms with Gasteiger partial charge in [-0.2, -0.15) is 22.0 Å². The van der Waals surface area contributed by atoms with Crippen molar-refractivity contribution in [2.45, 2.75) is 18.0 Å². The molecule has 0 amide bonds. The number of rotatable bonds is 6. The van der Waals surface area contributed by atoms with Crippen LogP contribution in [0, 0.1) is 0 Å². The monoisotopic (exact) mass is 319 g/mol. The third kappa shape index (κ3) is 5.54. The lowest BCUT2D eigenvalue weighted by Gasteiger charge is -2.18. The Bertz CT molecular complexity index is 393. The SMILES string of the molecule is FC(F)(F)C(F)(F)SCCNCc1ccc(Cl)cc1. The number of hydrogen-bond acceptors (Lipinski definition) is 2. The molecule has 0 saturated heterocycles. The minimum atomic E-state index is -5.51. The molecule has 0 spiro atoms.